The molecule has 0 bridgehead atoms. The fourth-order valence-corrected chi connectivity index (χ4v) is 2.57. The minimum absolute atomic E-state index is 0.787. The van der Waals surface area contributed by atoms with Gasteiger partial charge in [0.2, 0.25) is 0 Å². The molecule has 0 unspecified atom stereocenters. The molecule has 1 aromatic rings. The average molecular weight is 260 g/mol. The van der Waals surface area contributed by atoms with Crippen LogP contribution < -0.4 is 5.32 Å². The van der Waals surface area contributed by atoms with E-state index in [0.717, 1.165) is 19.1 Å². The van der Waals surface area contributed by atoms with Crippen molar-refractivity contribution in [3.05, 3.63) is 35.4 Å². The lowest BCUT2D eigenvalue weighted by Gasteiger charge is -2.22. The quantitative estimate of drug-likeness (QED) is 0.730. The van der Waals surface area contributed by atoms with E-state index >= 15 is 0 Å². The maximum Gasteiger partial charge on any atom is 0.0236 e. The van der Waals surface area contributed by atoms with Gasteiger partial charge in [-0.15, -0.1) is 0 Å². The Bertz CT molecular complexity index is 365. The zero-order chi connectivity index (χ0) is 13.5. The van der Waals surface area contributed by atoms with Gasteiger partial charge in [0, 0.05) is 19.1 Å². The summed E-state index contributed by atoms with van der Waals surface area (Å²) in [4.78, 5) is 2.58. The monoisotopic (exact) mass is 260 g/mol. The van der Waals surface area contributed by atoms with E-state index in [4.69, 9.17) is 0 Å². The molecule has 1 aromatic carbocycles. The van der Waals surface area contributed by atoms with Gasteiger partial charge in [-0.3, -0.25) is 4.90 Å². The Balaban J connectivity index is 1.95. The maximum atomic E-state index is 3.63. The predicted molar refractivity (Wildman–Crippen MR) is 82.2 cm³/mol. The third kappa shape index (κ3) is 4.96. The molecule has 0 amide bonds. The van der Waals surface area contributed by atoms with E-state index in [1.54, 1.807) is 0 Å². The Morgan fingerprint density at radius 1 is 1.05 bits per heavy atom. The topological polar surface area (TPSA) is 15.3 Å². The molecular formula is C17H28N2. The van der Waals surface area contributed by atoms with Crippen LogP contribution in [0.15, 0.2) is 24.3 Å². The van der Waals surface area contributed by atoms with E-state index in [2.05, 4.69) is 48.3 Å². The van der Waals surface area contributed by atoms with Gasteiger partial charge in [0.05, 0.1) is 0 Å². The molecule has 19 heavy (non-hydrogen) atoms. The lowest BCUT2D eigenvalue weighted by Crippen LogP contribution is -2.26. The van der Waals surface area contributed by atoms with Gasteiger partial charge in [-0.05, 0) is 49.9 Å². The summed E-state index contributed by atoms with van der Waals surface area (Å²) >= 11 is 0. The van der Waals surface area contributed by atoms with Crippen molar-refractivity contribution >= 4 is 0 Å². The summed E-state index contributed by atoms with van der Waals surface area (Å²) < 4.78 is 0. The predicted octanol–water partition coefficient (Wildman–Crippen LogP) is 3.56. The molecule has 1 N–H and O–H groups in total. The largest absolute Gasteiger partial charge is 0.310 e. The van der Waals surface area contributed by atoms with Crippen LogP contribution in [0.5, 0.6) is 0 Å². The van der Waals surface area contributed by atoms with Crippen molar-refractivity contribution in [2.24, 2.45) is 0 Å². The molecule has 0 aliphatic heterocycles. The van der Waals surface area contributed by atoms with Crippen molar-refractivity contribution in [2.75, 3.05) is 13.1 Å². The Morgan fingerprint density at radius 2 is 1.68 bits per heavy atom. The Morgan fingerprint density at radius 3 is 2.26 bits per heavy atom. The summed E-state index contributed by atoms with van der Waals surface area (Å²) in [6.45, 7) is 9.08. The second-order valence-electron chi connectivity index (χ2n) is 5.70. The molecule has 1 aliphatic carbocycles. The number of nitrogens with one attached hydrogen (secondary N) is 1. The number of rotatable bonds is 9. The first-order valence-corrected chi connectivity index (χ1v) is 7.86. The highest BCUT2D eigenvalue weighted by atomic mass is 15.1. The molecule has 0 aromatic heterocycles. The van der Waals surface area contributed by atoms with Crippen LogP contribution in [-0.2, 0) is 13.1 Å². The molecule has 1 fully saturated rings. The fraction of sp³-hybridized carbons (Fsp3) is 0.647. The summed E-state index contributed by atoms with van der Waals surface area (Å²) in [6, 6.07) is 9.70. The van der Waals surface area contributed by atoms with Crippen molar-refractivity contribution in [3.63, 3.8) is 0 Å². The van der Waals surface area contributed by atoms with E-state index in [-0.39, 0.29) is 0 Å². The smallest absolute Gasteiger partial charge is 0.0236 e. The van der Waals surface area contributed by atoms with E-state index in [9.17, 15) is 0 Å². The highest BCUT2D eigenvalue weighted by molar-refractivity contribution is 5.27. The third-order valence-electron chi connectivity index (χ3n) is 3.75. The van der Waals surface area contributed by atoms with Crippen LogP contribution in [0.4, 0.5) is 0 Å². The maximum absolute atomic E-state index is 3.63. The van der Waals surface area contributed by atoms with Crippen LogP contribution in [0.25, 0.3) is 0 Å². The molecule has 0 spiro atoms. The van der Waals surface area contributed by atoms with E-state index in [0.29, 0.717) is 0 Å². The van der Waals surface area contributed by atoms with Gasteiger partial charge >= 0.3 is 0 Å². The zero-order valence-corrected chi connectivity index (χ0v) is 12.5. The summed E-state index contributed by atoms with van der Waals surface area (Å²) in [5.74, 6) is 0. The zero-order valence-electron chi connectivity index (χ0n) is 12.5. The minimum atomic E-state index is 0.787. The third-order valence-corrected chi connectivity index (χ3v) is 3.75. The number of hydrogen-bond donors (Lipinski definition) is 1. The Labute approximate surface area is 118 Å². The van der Waals surface area contributed by atoms with Gasteiger partial charge in [-0.25, -0.2) is 0 Å². The lowest BCUT2D eigenvalue weighted by atomic mass is 10.1. The van der Waals surface area contributed by atoms with Gasteiger partial charge in [-0.1, -0.05) is 38.1 Å². The first kappa shape index (κ1) is 14.5. The second kappa shape index (κ2) is 7.66. The van der Waals surface area contributed by atoms with Gasteiger partial charge in [-0.2, -0.15) is 0 Å². The van der Waals surface area contributed by atoms with Crippen molar-refractivity contribution in [1.29, 1.82) is 0 Å². The molecule has 106 valence electrons. The van der Waals surface area contributed by atoms with Gasteiger partial charge in [0.25, 0.3) is 0 Å². The van der Waals surface area contributed by atoms with E-state index in [1.807, 2.05) is 0 Å². The highest BCUT2D eigenvalue weighted by Crippen LogP contribution is 2.20. The van der Waals surface area contributed by atoms with Crippen molar-refractivity contribution in [1.82, 2.24) is 10.2 Å². The van der Waals surface area contributed by atoms with Crippen LogP contribution in [0, 0.1) is 0 Å². The lowest BCUT2D eigenvalue weighted by molar-refractivity contribution is 0.265. The number of benzene rings is 1. The first-order chi connectivity index (χ1) is 9.33. The molecule has 0 saturated heterocycles. The van der Waals surface area contributed by atoms with Crippen LogP contribution in [0.3, 0.4) is 0 Å². The first-order valence-electron chi connectivity index (χ1n) is 7.86. The summed E-state index contributed by atoms with van der Waals surface area (Å²) in [5, 5.41) is 3.63. The van der Waals surface area contributed by atoms with Crippen LogP contribution in [0.1, 0.15) is 50.7 Å². The molecule has 2 rings (SSSR count). The minimum Gasteiger partial charge on any atom is -0.310 e. The van der Waals surface area contributed by atoms with Crippen molar-refractivity contribution in [2.45, 2.75) is 58.7 Å². The standard InChI is InChI=1S/C17H28N2/c1-3-11-19(12-4-2)14-16-8-6-5-7-15(16)13-18-17-9-10-17/h5-8,17-18H,3-4,9-14H2,1-2H3. The average Bonchev–Trinajstić information content (AvgIpc) is 3.22. The van der Waals surface area contributed by atoms with Crippen LogP contribution in [0.2, 0.25) is 0 Å². The number of hydrogen-bond acceptors (Lipinski definition) is 2. The normalized spacial score (nSPS) is 15.1. The van der Waals surface area contributed by atoms with E-state index in [1.165, 1.54) is 49.9 Å². The van der Waals surface area contributed by atoms with E-state index < -0.39 is 0 Å². The van der Waals surface area contributed by atoms with Gasteiger partial charge in [0.1, 0.15) is 0 Å². The highest BCUT2D eigenvalue weighted by Gasteiger charge is 2.20. The summed E-state index contributed by atoms with van der Waals surface area (Å²) in [6.07, 6.45) is 5.20. The Hall–Kier alpha value is -0.860. The molecule has 0 atom stereocenters. The second-order valence-corrected chi connectivity index (χ2v) is 5.70. The van der Waals surface area contributed by atoms with Crippen LogP contribution in [-0.4, -0.2) is 24.0 Å². The summed E-state index contributed by atoms with van der Waals surface area (Å²) in [5.41, 5.74) is 2.98. The molecule has 2 heteroatoms. The Kier molecular flexibility index (Phi) is 5.87. The van der Waals surface area contributed by atoms with Crippen molar-refractivity contribution in [3.8, 4) is 0 Å². The molecule has 1 saturated carbocycles. The van der Waals surface area contributed by atoms with Crippen LogP contribution >= 0.6 is 0 Å². The van der Waals surface area contributed by atoms with Gasteiger partial charge < -0.3 is 5.32 Å². The fourth-order valence-electron chi connectivity index (χ4n) is 2.57. The molecule has 0 radical (unpaired) electrons. The molecular weight excluding hydrogens is 232 g/mol. The summed E-state index contributed by atoms with van der Waals surface area (Å²) in [7, 11) is 0. The van der Waals surface area contributed by atoms with Crippen molar-refractivity contribution < 1.29 is 0 Å². The molecule has 2 nitrogen and oxygen atoms in total. The van der Waals surface area contributed by atoms with Gasteiger partial charge in [0.15, 0.2) is 0 Å². The molecule has 1 aliphatic rings. The molecule has 0 heterocycles. The number of nitrogens with zero attached hydrogens (tertiary/aromatic N) is 1. The SMILES string of the molecule is CCCN(CCC)Cc1ccccc1CNC1CC1.